The molecular formula is C13H24N2O2S. The quantitative estimate of drug-likeness (QED) is 0.824. The van der Waals surface area contributed by atoms with E-state index in [1.165, 1.54) is 12.8 Å². The van der Waals surface area contributed by atoms with Gasteiger partial charge in [-0.25, -0.2) is 4.79 Å². The molecule has 104 valence electrons. The molecule has 1 saturated heterocycles. The second-order valence-electron chi connectivity index (χ2n) is 5.34. The van der Waals surface area contributed by atoms with Crippen LogP contribution in [0.1, 0.15) is 38.5 Å². The van der Waals surface area contributed by atoms with Gasteiger partial charge in [0.2, 0.25) is 0 Å². The molecule has 2 rings (SSSR count). The van der Waals surface area contributed by atoms with E-state index in [2.05, 4.69) is 11.6 Å². The van der Waals surface area contributed by atoms with E-state index in [1.807, 2.05) is 16.7 Å². The fourth-order valence-electron chi connectivity index (χ4n) is 3.04. The first-order chi connectivity index (χ1) is 8.74. The van der Waals surface area contributed by atoms with Crippen LogP contribution in [0.15, 0.2) is 0 Å². The van der Waals surface area contributed by atoms with E-state index in [-0.39, 0.29) is 18.7 Å². The van der Waals surface area contributed by atoms with Gasteiger partial charge >= 0.3 is 6.03 Å². The topological polar surface area (TPSA) is 52.6 Å². The molecule has 4 nitrogen and oxygen atoms in total. The third-order valence-electron chi connectivity index (χ3n) is 4.14. The molecule has 1 heterocycles. The third-order valence-corrected chi connectivity index (χ3v) is 5.23. The number of aliphatic hydroxyl groups excluding tert-OH is 1. The van der Waals surface area contributed by atoms with E-state index in [1.54, 1.807) is 0 Å². The monoisotopic (exact) mass is 272 g/mol. The first kappa shape index (κ1) is 14.0. The molecule has 0 bridgehead atoms. The van der Waals surface area contributed by atoms with Gasteiger partial charge in [0, 0.05) is 17.8 Å². The van der Waals surface area contributed by atoms with Crippen LogP contribution in [0.4, 0.5) is 4.79 Å². The highest BCUT2D eigenvalue weighted by Gasteiger charge is 2.30. The average molecular weight is 272 g/mol. The maximum Gasteiger partial charge on any atom is 0.317 e. The fraction of sp³-hybridized carbons (Fsp3) is 0.923. The number of hydrogen-bond donors (Lipinski definition) is 2. The zero-order valence-corrected chi connectivity index (χ0v) is 11.9. The first-order valence-electron chi connectivity index (χ1n) is 6.95. The number of thioether (sulfide) groups is 1. The second kappa shape index (κ2) is 6.66. The maximum absolute atomic E-state index is 12.2. The highest BCUT2D eigenvalue weighted by atomic mass is 32.2. The van der Waals surface area contributed by atoms with Gasteiger partial charge in [0.25, 0.3) is 0 Å². The predicted octanol–water partition coefficient (Wildman–Crippen LogP) is 1.83. The predicted molar refractivity (Wildman–Crippen MR) is 74.9 cm³/mol. The van der Waals surface area contributed by atoms with Crippen molar-refractivity contribution < 1.29 is 9.90 Å². The maximum atomic E-state index is 12.2. The largest absolute Gasteiger partial charge is 0.394 e. The zero-order valence-electron chi connectivity index (χ0n) is 11.1. The Balaban J connectivity index is 1.83. The van der Waals surface area contributed by atoms with Crippen LogP contribution in [0.25, 0.3) is 0 Å². The van der Waals surface area contributed by atoms with Crippen molar-refractivity contribution in [2.24, 2.45) is 0 Å². The highest BCUT2D eigenvalue weighted by Crippen LogP contribution is 2.27. The molecule has 0 aromatic carbocycles. The lowest BCUT2D eigenvalue weighted by Gasteiger charge is -2.31. The van der Waals surface area contributed by atoms with Crippen LogP contribution < -0.4 is 5.32 Å². The van der Waals surface area contributed by atoms with Crippen molar-refractivity contribution >= 4 is 17.8 Å². The second-order valence-corrected chi connectivity index (χ2v) is 6.48. The molecular weight excluding hydrogens is 248 g/mol. The van der Waals surface area contributed by atoms with Gasteiger partial charge in [-0.15, -0.1) is 0 Å². The van der Waals surface area contributed by atoms with E-state index in [0.717, 1.165) is 32.2 Å². The minimum Gasteiger partial charge on any atom is -0.394 e. The molecule has 3 atom stereocenters. The van der Waals surface area contributed by atoms with Crippen LogP contribution in [0.2, 0.25) is 0 Å². The van der Waals surface area contributed by atoms with Crippen LogP contribution in [0.3, 0.4) is 0 Å². The van der Waals surface area contributed by atoms with E-state index in [9.17, 15) is 9.90 Å². The summed E-state index contributed by atoms with van der Waals surface area (Å²) in [5, 5.41) is 13.1. The summed E-state index contributed by atoms with van der Waals surface area (Å²) in [6, 6.07) is 0.381. The van der Waals surface area contributed by atoms with Gasteiger partial charge in [-0.3, -0.25) is 0 Å². The molecule has 1 saturated carbocycles. The average Bonchev–Trinajstić information content (AvgIpc) is 2.87. The molecule has 2 aliphatic rings. The van der Waals surface area contributed by atoms with Crippen LogP contribution >= 0.6 is 11.8 Å². The van der Waals surface area contributed by atoms with Crippen molar-refractivity contribution in [3.05, 3.63) is 0 Å². The summed E-state index contributed by atoms with van der Waals surface area (Å²) in [6.45, 7) is 0.876. The summed E-state index contributed by atoms with van der Waals surface area (Å²) in [5.74, 6) is 0. The molecule has 0 aromatic heterocycles. The molecule has 2 N–H and O–H groups in total. The van der Waals surface area contributed by atoms with Gasteiger partial charge < -0.3 is 15.3 Å². The third kappa shape index (κ3) is 3.32. The molecule has 1 aliphatic heterocycles. The number of aliphatic hydroxyl groups is 1. The Morgan fingerprint density at radius 3 is 2.94 bits per heavy atom. The number of carbonyl (C=O) groups excluding carboxylic acids is 1. The molecule has 5 heteroatoms. The molecule has 18 heavy (non-hydrogen) atoms. The molecule has 0 aromatic rings. The Morgan fingerprint density at radius 2 is 2.22 bits per heavy atom. The van der Waals surface area contributed by atoms with Gasteiger partial charge in [0.1, 0.15) is 0 Å². The Hall–Kier alpha value is -0.420. The normalized spacial score (nSPS) is 32.6. The fourth-order valence-corrected chi connectivity index (χ4v) is 3.87. The van der Waals surface area contributed by atoms with Crippen molar-refractivity contribution in [1.82, 2.24) is 10.2 Å². The van der Waals surface area contributed by atoms with Crippen molar-refractivity contribution in [3.63, 3.8) is 0 Å². The lowest BCUT2D eigenvalue weighted by Crippen LogP contribution is -2.49. The van der Waals surface area contributed by atoms with Gasteiger partial charge in [-0.1, -0.05) is 6.42 Å². The summed E-state index contributed by atoms with van der Waals surface area (Å²) in [6.07, 6.45) is 8.76. The lowest BCUT2D eigenvalue weighted by atomic mass is 9.95. The summed E-state index contributed by atoms with van der Waals surface area (Å²) >= 11 is 1.91. The van der Waals surface area contributed by atoms with E-state index >= 15 is 0 Å². The minimum atomic E-state index is 0.0262. The number of nitrogens with zero attached hydrogens (tertiary/aromatic N) is 1. The SMILES string of the molecule is CSC1CCCC(NC(=O)N2CCCC2CO)C1. The summed E-state index contributed by atoms with van der Waals surface area (Å²) in [7, 11) is 0. The minimum absolute atomic E-state index is 0.0262. The highest BCUT2D eigenvalue weighted by molar-refractivity contribution is 7.99. The number of carbonyl (C=O) groups is 1. The number of nitrogens with one attached hydrogen (secondary N) is 1. The van der Waals surface area contributed by atoms with Gasteiger partial charge in [-0.2, -0.15) is 11.8 Å². The molecule has 2 fully saturated rings. The first-order valence-corrected chi connectivity index (χ1v) is 8.24. The zero-order chi connectivity index (χ0) is 13.0. The Labute approximate surface area is 113 Å². The van der Waals surface area contributed by atoms with Crippen LogP contribution in [-0.4, -0.2) is 52.8 Å². The summed E-state index contributed by atoms with van der Waals surface area (Å²) < 4.78 is 0. The van der Waals surface area contributed by atoms with E-state index in [4.69, 9.17) is 0 Å². The van der Waals surface area contributed by atoms with Crippen LogP contribution in [0.5, 0.6) is 0 Å². The number of amides is 2. The van der Waals surface area contributed by atoms with Gasteiger partial charge in [-0.05, 0) is 38.4 Å². The molecule has 0 radical (unpaired) electrons. The van der Waals surface area contributed by atoms with Crippen LogP contribution in [0, 0.1) is 0 Å². The Kier molecular flexibility index (Phi) is 5.18. The van der Waals surface area contributed by atoms with E-state index in [0.29, 0.717) is 11.3 Å². The number of hydrogen-bond acceptors (Lipinski definition) is 3. The standard InChI is InChI=1S/C13H24N2O2S/c1-18-12-6-2-4-10(8-12)14-13(17)15-7-3-5-11(15)9-16/h10-12,16H,2-9H2,1H3,(H,14,17). The van der Waals surface area contributed by atoms with Gasteiger partial charge in [0.15, 0.2) is 0 Å². The summed E-state index contributed by atoms with van der Waals surface area (Å²) in [4.78, 5) is 14.0. The molecule has 0 spiro atoms. The lowest BCUT2D eigenvalue weighted by molar-refractivity contribution is 0.153. The van der Waals surface area contributed by atoms with Crippen molar-refractivity contribution in [2.45, 2.75) is 55.9 Å². The number of likely N-dealkylation sites (tertiary alicyclic amines) is 1. The Bertz CT molecular complexity index is 288. The molecule has 2 amide bonds. The smallest absolute Gasteiger partial charge is 0.317 e. The molecule has 1 aliphatic carbocycles. The number of urea groups is 1. The number of rotatable bonds is 3. The van der Waals surface area contributed by atoms with Crippen molar-refractivity contribution in [2.75, 3.05) is 19.4 Å². The van der Waals surface area contributed by atoms with Crippen molar-refractivity contribution in [3.8, 4) is 0 Å². The molecule has 3 unspecified atom stereocenters. The summed E-state index contributed by atoms with van der Waals surface area (Å²) in [5.41, 5.74) is 0. The van der Waals surface area contributed by atoms with E-state index < -0.39 is 0 Å². The van der Waals surface area contributed by atoms with Crippen LogP contribution in [-0.2, 0) is 0 Å². The van der Waals surface area contributed by atoms with Gasteiger partial charge in [0.05, 0.1) is 12.6 Å². The Morgan fingerprint density at radius 1 is 1.39 bits per heavy atom. The van der Waals surface area contributed by atoms with Crippen molar-refractivity contribution in [1.29, 1.82) is 0 Å².